The lowest BCUT2D eigenvalue weighted by molar-refractivity contribution is 0.0730. The number of carbonyl (C=O) groups is 1. The zero-order chi connectivity index (χ0) is 19.3. The summed E-state index contributed by atoms with van der Waals surface area (Å²) in [6.45, 7) is 2.05. The molecule has 0 aliphatic carbocycles. The number of aromatic nitrogens is 2. The SMILES string of the molecule is O=C(/C=C/c1cnn(CCCl)c1)c1ccc(S(=O)(=O)N2CCOCC2)cc1. The zero-order valence-electron chi connectivity index (χ0n) is 14.6. The van der Waals surface area contributed by atoms with Crippen LogP contribution in [0.4, 0.5) is 0 Å². The number of alkyl halides is 1. The fourth-order valence-corrected chi connectivity index (χ4v) is 4.25. The number of aryl methyl sites for hydroxylation is 1. The maximum atomic E-state index is 12.6. The van der Waals surface area contributed by atoms with Gasteiger partial charge in [0, 0.05) is 36.3 Å². The largest absolute Gasteiger partial charge is 0.379 e. The molecule has 0 bridgehead atoms. The molecule has 0 amide bonds. The summed E-state index contributed by atoms with van der Waals surface area (Å²) in [4.78, 5) is 12.5. The van der Waals surface area contributed by atoms with Crippen molar-refractivity contribution < 1.29 is 17.9 Å². The van der Waals surface area contributed by atoms with Gasteiger partial charge >= 0.3 is 0 Å². The van der Waals surface area contributed by atoms with Crippen molar-refractivity contribution in [1.82, 2.24) is 14.1 Å². The second-order valence-corrected chi connectivity index (χ2v) is 8.28. The van der Waals surface area contributed by atoms with Crippen molar-refractivity contribution >= 4 is 33.5 Å². The van der Waals surface area contributed by atoms with Crippen LogP contribution in [0, 0.1) is 0 Å². The predicted octanol–water partition coefficient (Wildman–Crippen LogP) is 2.04. The molecule has 0 N–H and O–H groups in total. The summed E-state index contributed by atoms with van der Waals surface area (Å²) < 4.78 is 33.5. The van der Waals surface area contributed by atoms with E-state index in [4.69, 9.17) is 16.3 Å². The summed E-state index contributed by atoms with van der Waals surface area (Å²) in [5, 5.41) is 4.13. The van der Waals surface area contributed by atoms with E-state index in [1.165, 1.54) is 34.6 Å². The lowest BCUT2D eigenvalue weighted by Gasteiger charge is -2.26. The molecule has 0 atom stereocenters. The summed E-state index contributed by atoms with van der Waals surface area (Å²) in [7, 11) is -3.56. The van der Waals surface area contributed by atoms with Crippen LogP contribution in [0.5, 0.6) is 0 Å². The van der Waals surface area contributed by atoms with Gasteiger partial charge in [-0.2, -0.15) is 9.40 Å². The van der Waals surface area contributed by atoms with Gasteiger partial charge in [-0.15, -0.1) is 11.6 Å². The number of hydrogen-bond acceptors (Lipinski definition) is 5. The minimum atomic E-state index is -3.56. The first-order chi connectivity index (χ1) is 13.0. The van der Waals surface area contributed by atoms with Gasteiger partial charge in [-0.1, -0.05) is 0 Å². The Bertz CT molecular complexity index is 916. The van der Waals surface area contributed by atoms with E-state index < -0.39 is 10.0 Å². The molecule has 0 saturated carbocycles. The number of halogens is 1. The van der Waals surface area contributed by atoms with Crippen LogP contribution in [-0.4, -0.2) is 60.5 Å². The van der Waals surface area contributed by atoms with Gasteiger partial charge in [-0.25, -0.2) is 8.42 Å². The minimum Gasteiger partial charge on any atom is -0.379 e. The van der Waals surface area contributed by atoms with Gasteiger partial charge in [0.05, 0.1) is 30.9 Å². The Morgan fingerprint density at radius 1 is 1.22 bits per heavy atom. The first-order valence-corrected chi connectivity index (χ1v) is 10.5. The van der Waals surface area contributed by atoms with Crippen molar-refractivity contribution in [3.05, 3.63) is 53.9 Å². The second-order valence-electron chi connectivity index (χ2n) is 5.96. The van der Waals surface area contributed by atoms with Crippen LogP contribution in [-0.2, 0) is 21.3 Å². The number of ether oxygens (including phenoxy) is 1. The van der Waals surface area contributed by atoms with Crippen molar-refractivity contribution in [3.63, 3.8) is 0 Å². The highest BCUT2D eigenvalue weighted by Gasteiger charge is 2.26. The van der Waals surface area contributed by atoms with E-state index in [9.17, 15) is 13.2 Å². The fourth-order valence-electron chi connectivity index (χ4n) is 2.67. The quantitative estimate of drug-likeness (QED) is 0.397. The third-order valence-corrected chi connectivity index (χ3v) is 6.22. The van der Waals surface area contributed by atoms with E-state index in [-0.39, 0.29) is 10.7 Å². The topological polar surface area (TPSA) is 81.5 Å². The third kappa shape index (κ3) is 4.84. The molecular formula is C18H20ClN3O4S. The molecule has 144 valence electrons. The Kier molecular flexibility index (Phi) is 6.43. The molecule has 2 aromatic rings. The maximum absolute atomic E-state index is 12.6. The first kappa shape index (κ1) is 19.8. The Labute approximate surface area is 163 Å². The van der Waals surface area contributed by atoms with E-state index in [1.54, 1.807) is 23.2 Å². The summed E-state index contributed by atoms with van der Waals surface area (Å²) in [5.41, 5.74) is 1.21. The van der Waals surface area contributed by atoms with E-state index in [0.717, 1.165) is 5.56 Å². The summed E-state index contributed by atoms with van der Waals surface area (Å²) >= 11 is 5.66. The molecule has 7 nitrogen and oxygen atoms in total. The van der Waals surface area contributed by atoms with Gasteiger partial charge in [0.2, 0.25) is 10.0 Å². The van der Waals surface area contributed by atoms with Crippen LogP contribution < -0.4 is 0 Å². The van der Waals surface area contributed by atoms with Crippen molar-refractivity contribution in [2.45, 2.75) is 11.4 Å². The lowest BCUT2D eigenvalue weighted by atomic mass is 10.1. The predicted molar refractivity (Wildman–Crippen MR) is 102 cm³/mol. The fraction of sp³-hybridized carbons (Fsp3) is 0.333. The smallest absolute Gasteiger partial charge is 0.243 e. The Balaban J connectivity index is 1.68. The van der Waals surface area contributed by atoms with Gasteiger partial charge in [0.1, 0.15) is 0 Å². The van der Waals surface area contributed by atoms with Crippen LogP contribution >= 0.6 is 11.6 Å². The van der Waals surface area contributed by atoms with Crippen molar-refractivity contribution in [2.75, 3.05) is 32.2 Å². The van der Waals surface area contributed by atoms with Gasteiger partial charge in [-0.3, -0.25) is 9.48 Å². The van der Waals surface area contributed by atoms with E-state index >= 15 is 0 Å². The summed E-state index contributed by atoms with van der Waals surface area (Å²) in [5.74, 6) is 0.249. The molecule has 1 aliphatic heterocycles. The lowest BCUT2D eigenvalue weighted by Crippen LogP contribution is -2.40. The van der Waals surface area contributed by atoms with Gasteiger partial charge < -0.3 is 4.74 Å². The van der Waals surface area contributed by atoms with Crippen LogP contribution in [0.15, 0.2) is 47.6 Å². The number of ketones is 1. The molecule has 27 heavy (non-hydrogen) atoms. The Morgan fingerprint density at radius 2 is 1.93 bits per heavy atom. The molecule has 1 aromatic carbocycles. The number of hydrogen-bond donors (Lipinski definition) is 0. The summed E-state index contributed by atoms with van der Waals surface area (Å²) in [6, 6.07) is 5.97. The number of sulfonamides is 1. The molecule has 1 aliphatic rings. The molecular weight excluding hydrogens is 390 g/mol. The molecule has 0 unspecified atom stereocenters. The number of morpholine rings is 1. The highest BCUT2D eigenvalue weighted by molar-refractivity contribution is 7.89. The van der Waals surface area contributed by atoms with Crippen LogP contribution in [0.1, 0.15) is 15.9 Å². The van der Waals surface area contributed by atoms with Crippen molar-refractivity contribution in [2.24, 2.45) is 0 Å². The molecule has 0 spiro atoms. The van der Waals surface area contributed by atoms with Crippen LogP contribution in [0.3, 0.4) is 0 Å². The third-order valence-electron chi connectivity index (χ3n) is 4.14. The summed E-state index contributed by atoms with van der Waals surface area (Å²) in [6.07, 6.45) is 6.55. The van der Waals surface area contributed by atoms with Crippen LogP contribution in [0.2, 0.25) is 0 Å². The number of benzene rings is 1. The minimum absolute atomic E-state index is 0.173. The zero-order valence-corrected chi connectivity index (χ0v) is 16.2. The molecule has 1 saturated heterocycles. The van der Waals surface area contributed by atoms with E-state index in [2.05, 4.69) is 5.10 Å². The van der Waals surface area contributed by atoms with Gasteiger partial charge in [0.15, 0.2) is 5.78 Å². The Morgan fingerprint density at radius 3 is 2.59 bits per heavy atom. The number of nitrogens with zero attached hydrogens (tertiary/aromatic N) is 3. The van der Waals surface area contributed by atoms with Crippen molar-refractivity contribution in [1.29, 1.82) is 0 Å². The Hall–Kier alpha value is -2.00. The molecule has 1 fully saturated rings. The highest BCUT2D eigenvalue weighted by atomic mass is 35.5. The molecule has 3 rings (SSSR count). The molecule has 9 heteroatoms. The monoisotopic (exact) mass is 409 g/mol. The van der Waals surface area contributed by atoms with E-state index in [0.29, 0.717) is 44.3 Å². The van der Waals surface area contributed by atoms with Gasteiger partial charge in [-0.05, 0) is 36.4 Å². The molecule has 0 radical (unpaired) electrons. The average molecular weight is 410 g/mol. The number of rotatable bonds is 7. The highest BCUT2D eigenvalue weighted by Crippen LogP contribution is 2.18. The van der Waals surface area contributed by atoms with Crippen molar-refractivity contribution in [3.8, 4) is 0 Å². The van der Waals surface area contributed by atoms with Gasteiger partial charge in [0.25, 0.3) is 0 Å². The second kappa shape index (κ2) is 8.79. The molecule has 1 aromatic heterocycles. The maximum Gasteiger partial charge on any atom is 0.243 e. The first-order valence-electron chi connectivity index (χ1n) is 8.49. The normalized spacial score (nSPS) is 16.0. The molecule has 2 heterocycles. The van der Waals surface area contributed by atoms with E-state index in [1.807, 2.05) is 0 Å². The average Bonchev–Trinajstić information content (AvgIpc) is 3.15. The number of allylic oxidation sites excluding steroid dienone is 1. The number of carbonyl (C=O) groups excluding carboxylic acids is 1. The van der Waals surface area contributed by atoms with Crippen LogP contribution in [0.25, 0.3) is 6.08 Å². The standard InChI is InChI=1S/C18H20ClN3O4S/c19-7-8-21-14-15(13-20-21)1-6-18(23)16-2-4-17(5-3-16)27(24,25)22-9-11-26-12-10-22/h1-6,13-14H,7-12H2/b6-1+.